The third kappa shape index (κ3) is 5.70. The minimum Gasteiger partial charge on any atom is -0.493 e. The summed E-state index contributed by atoms with van der Waals surface area (Å²) in [6.07, 6.45) is -5.08. The molecule has 10 heteroatoms. The van der Waals surface area contributed by atoms with Gasteiger partial charge in [0.15, 0.2) is 11.5 Å². The van der Waals surface area contributed by atoms with Gasteiger partial charge in [-0.3, -0.25) is 10.1 Å². The molecular formula is C22H25F3N2O5. The first-order valence-corrected chi connectivity index (χ1v) is 9.76. The molecule has 0 radical (unpaired) electrons. The summed E-state index contributed by atoms with van der Waals surface area (Å²) in [4.78, 5) is 25.0. The highest BCUT2D eigenvalue weighted by atomic mass is 19.4. The molecule has 174 valence electrons. The second-order valence-corrected chi connectivity index (χ2v) is 6.65. The summed E-state index contributed by atoms with van der Waals surface area (Å²) in [6.45, 7) is 0.778. The number of alkyl halides is 3. The number of hydrogen-bond donors (Lipinski definition) is 2. The van der Waals surface area contributed by atoms with E-state index in [0.29, 0.717) is 17.1 Å². The van der Waals surface area contributed by atoms with E-state index >= 15 is 0 Å². The summed E-state index contributed by atoms with van der Waals surface area (Å²) >= 11 is 0. The Morgan fingerprint density at radius 2 is 1.62 bits per heavy atom. The van der Waals surface area contributed by atoms with E-state index in [1.54, 1.807) is 29.6 Å². The summed E-state index contributed by atoms with van der Waals surface area (Å²) in [6, 6.07) is 12.2. The number of hydrogen-bond acceptors (Lipinski definition) is 6. The van der Waals surface area contributed by atoms with Crippen molar-refractivity contribution in [3.8, 4) is 11.5 Å². The Morgan fingerprint density at radius 3 is 2.19 bits per heavy atom. The molecule has 2 aromatic carbocycles. The maximum atomic E-state index is 14.2. The number of esters is 1. The average Bonchev–Trinajstić information content (AvgIpc) is 2.78. The molecule has 0 saturated heterocycles. The first-order chi connectivity index (χ1) is 15.2. The van der Waals surface area contributed by atoms with Crippen molar-refractivity contribution in [2.45, 2.75) is 25.2 Å². The minimum absolute atomic E-state index is 0.0351. The molecule has 0 bridgehead atoms. The van der Waals surface area contributed by atoms with Gasteiger partial charge in [0.1, 0.15) is 0 Å². The van der Waals surface area contributed by atoms with Crippen LogP contribution in [0, 0.1) is 0 Å². The highest BCUT2D eigenvalue weighted by Gasteiger charge is 2.63. The van der Waals surface area contributed by atoms with Crippen LogP contribution < -0.4 is 20.1 Å². The number of benzene rings is 2. The number of methoxy groups -OCH3 is 2. The van der Waals surface area contributed by atoms with E-state index in [-0.39, 0.29) is 25.1 Å². The summed E-state index contributed by atoms with van der Waals surface area (Å²) in [5, 5.41) is 3.97. The summed E-state index contributed by atoms with van der Waals surface area (Å²) < 4.78 is 57.5. The van der Waals surface area contributed by atoms with Crippen LogP contribution in [0.4, 0.5) is 13.2 Å². The predicted molar refractivity (Wildman–Crippen MR) is 111 cm³/mol. The monoisotopic (exact) mass is 454 g/mol. The zero-order valence-corrected chi connectivity index (χ0v) is 17.9. The lowest BCUT2D eigenvalue weighted by Crippen LogP contribution is -2.73. The van der Waals surface area contributed by atoms with Crippen LogP contribution in [0.3, 0.4) is 0 Å². The van der Waals surface area contributed by atoms with E-state index in [1.165, 1.54) is 45.4 Å². The van der Waals surface area contributed by atoms with Crippen molar-refractivity contribution < 1.29 is 37.0 Å². The van der Waals surface area contributed by atoms with Gasteiger partial charge in [0.05, 0.1) is 20.8 Å². The van der Waals surface area contributed by atoms with Gasteiger partial charge in [0, 0.05) is 12.1 Å². The van der Waals surface area contributed by atoms with Crippen molar-refractivity contribution >= 4 is 11.9 Å². The molecule has 32 heavy (non-hydrogen) atoms. The lowest BCUT2D eigenvalue weighted by molar-refractivity contribution is -0.218. The van der Waals surface area contributed by atoms with E-state index < -0.39 is 23.7 Å². The molecule has 2 N–H and O–H groups in total. The Labute approximate surface area is 183 Å². The van der Waals surface area contributed by atoms with E-state index in [2.05, 4.69) is 10.1 Å². The van der Waals surface area contributed by atoms with Gasteiger partial charge in [0.2, 0.25) is 0 Å². The van der Waals surface area contributed by atoms with Gasteiger partial charge < -0.3 is 19.5 Å². The van der Waals surface area contributed by atoms with Crippen LogP contribution in [0.25, 0.3) is 0 Å². The van der Waals surface area contributed by atoms with Gasteiger partial charge >= 0.3 is 12.1 Å². The summed E-state index contributed by atoms with van der Waals surface area (Å²) in [5.41, 5.74) is -2.83. The number of nitrogens with one attached hydrogen (secondary N) is 2. The molecule has 0 aromatic heterocycles. The highest BCUT2D eigenvalue weighted by molar-refractivity contribution is 5.98. The molecule has 0 aliphatic rings. The highest BCUT2D eigenvalue weighted by Crippen LogP contribution is 2.31. The van der Waals surface area contributed by atoms with Crippen molar-refractivity contribution in [3.05, 3.63) is 59.7 Å². The van der Waals surface area contributed by atoms with Gasteiger partial charge in [-0.25, -0.2) is 4.79 Å². The van der Waals surface area contributed by atoms with Crippen molar-refractivity contribution in [2.75, 3.05) is 27.4 Å². The number of halogens is 3. The van der Waals surface area contributed by atoms with Crippen molar-refractivity contribution in [1.29, 1.82) is 0 Å². The fourth-order valence-electron chi connectivity index (χ4n) is 2.96. The number of amides is 1. The van der Waals surface area contributed by atoms with Gasteiger partial charge in [0.25, 0.3) is 11.6 Å². The lowest BCUT2D eigenvalue weighted by atomic mass is 10.1. The van der Waals surface area contributed by atoms with Crippen molar-refractivity contribution in [1.82, 2.24) is 10.6 Å². The molecule has 2 aromatic rings. The van der Waals surface area contributed by atoms with Gasteiger partial charge in [-0.1, -0.05) is 24.3 Å². The Bertz CT molecular complexity index is 922. The standard InChI is InChI=1S/C22H25F3N2O5/c1-4-32-20(29)21(22(23,24)25,27-19(28)16-8-6-5-7-9-16)26-13-12-15-10-11-17(30-2)18(14-15)31-3/h5-11,14,26H,4,12-13H2,1-3H3,(H,27,28)/t21-/m0/s1. The van der Waals surface area contributed by atoms with Crippen LogP contribution in [0.1, 0.15) is 22.8 Å². The Morgan fingerprint density at radius 1 is 0.969 bits per heavy atom. The van der Waals surface area contributed by atoms with Crippen LogP contribution in [-0.2, 0) is 16.0 Å². The zero-order chi connectivity index (χ0) is 23.8. The SMILES string of the molecule is CCOC(=O)[C@](NCCc1ccc(OC)c(OC)c1)(NC(=O)c1ccccc1)C(F)(F)F. The molecule has 0 aliphatic carbocycles. The van der Waals surface area contributed by atoms with Crippen LogP contribution >= 0.6 is 0 Å². The third-order valence-electron chi connectivity index (χ3n) is 4.60. The lowest BCUT2D eigenvalue weighted by Gasteiger charge is -2.35. The van der Waals surface area contributed by atoms with Crippen molar-refractivity contribution in [3.63, 3.8) is 0 Å². The second kappa shape index (κ2) is 10.9. The number of carbonyl (C=O) groups excluding carboxylic acids is 2. The number of rotatable bonds is 10. The zero-order valence-electron chi connectivity index (χ0n) is 17.9. The van der Waals surface area contributed by atoms with E-state index in [4.69, 9.17) is 9.47 Å². The summed E-state index contributed by atoms with van der Waals surface area (Å²) in [5.74, 6) is -1.84. The van der Waals surface area contributed by atoms with Gasteiger partial charge in [-0.2, -0.15) is 13.2 Å². The average molecular weight is 454 g/mol. The Hall–Kier alpha value is -3.27. The molecule has 2 rings (SSSR count). The second-order valence-electron chi connectivity index (χ2n) is 6.65. The number of ether oxygens (including phenoxy) is 3. The first kappa shape index (κ1) is 25.0. The maximum Gasteiger partial charge on any atom is 0.436 e. The first-order valence-electron chi connectivity index (χ1n) is 9.76. The topological polar surface area (TPSA) is 85.9 Å². The van der Waals surface area contributed by atoms with Gasteiger partial charge in [-0.05, 0) is 43.2 Å². The largest absolute Gasteiger partial charge is 0.493 e. The fraction of sp³-hybridized carbons (Fsp3) is 0.364. The van der Waals surface area contributed by atoms with E-state index in [9.17, 15) is 22.8 Å². The minimum atomic E-state index is -5.18. The predicted octanol–water partition coefficient (Wildman–Crippen LogP) is 3.09. The Kier molecular flexibility index (Phi) is 8.48. The third-order valence-corrected chi connectivity index (χ3v) is 4.60. The molecule has 0 fully saturated rings. The molecule has 0 saturated carbocycles. The molecule has 0 spiro atoms. The fourth-order valence-corrected chi connectivity index (χ4v) is 2.96. The molecule has 0 unspecified atom stereocenters. The number of carbonyl (C=O) groups is 2. The molecule has 1 atom stereocenters. The van der Waals surface area contributed by atoms with Crippen LogP contribution in [-0.4, -0.2) is 51.1 Å². The quantitative estimate of drug-likeness (QED) is 0.424. The molecule has 1 amide bonds. The van der Waals surface area contributed by atoms with Crippen LogP contribution in [0.5, 0.6) is 11.5 Å². The maximum absolute atomic E-state index is 14.2. The van der Waals surface area contributed by atoms with Crippen molar-refractivity contribution in [2.24, 2.45) is 0 Å². The van der Waals surface area contributed by atoms with E-state index in [0.717, 1.165) is 0 Å². The smallest absolute Gasteiger partial charge is 0.436 e. The van der Waals surface area contributed by atoms with Gasteiger partial charge in [-0.15, -0.1) is 0 Å². The molecule has 0 heterocycles. The normalized spacial score (nSPS) is 13.1. The molecular weight excluding hydrogens is 429 g/mol. The Balaban J connectivity index is 2.29. The van der Waals surface area contributed by atoms with Crippen LogP contribution in [0.15, 0.2) is 48.5 Å². The van der Waals surface area contributed by atoms with E-state index in [1.807, 2.05) is 0 Å². The summed E-state index contributed by atoms with van der Waals surface area (Å²) in [7, 11) is 2.90. The van der Waals surface area contributed by atoms with Crippen LogP contribution in [0.2, 0.25) is 0 Å². The molecule has 7 nitrogen and oxygen atoms in total. The molecule has 0 aliphatic heterocycles.